The van der Waals surface area contributed by atoms with Gasteiger partial charge >= 0.3 is 0 Å². The molecule has 2 aliphatic heterocycles. The highest BCUT2D eigenvalue weighted by molar-refractivity contribution is 5.95. The predicted molar refractivity (Wildman–Crippen MR) is 137 cm³/mol. The van der Waals surface area contributed by atoms with Crippen molar-refractivity contribution in [1.29, 1.82) is 0 Å². The lowest BCUT2D eigenvalue weighted by atomic mass is 10.1. The summed E-state index contributed by atoms with van der Waals surface area (Å²) in [5.74, 6) is 3.12. The highest BCUT2D eigenvalue weighted by Crippen LogP contribution is 2.39. The first-order chi connectivity index (χ1) is 17.7. The third-order valence-corrected chi connectivity index (χ3v) is 6.72. The Morgan fingerprint density at radius 3 is 3.00 bits per heavy atom. The van der Waals surface area contributed by atoms with Crippen LogP contribution < -0.4 is 25.0 Å². The summed E-state index contributed by atoms with van der Waals surface area (Å²) in [6.07, 6.45) is 4.93. The van der Waals surface area contributed by atoms with Crippen LogP contribution >= 0.6 is 0 Å². The molecule has 0 radical (unpaired) electrons. The molecule has 1 atom stereocenters. The van der Waals surface area contributed by atoms with Gasteiger partial charge in [0.05, 0.1) is 17.2 Å². The van der Waals surface area contributed by atoms with Crippen molar-refractivity contribution in [2.75, 3.05) is 36.5 Å². The molecule has 2 N–H and O–H groups in total. The highest BCUT2D eigenvalue weighted by atomic mass is 16.5. The first kappa shape index (κ1) is 20.9. The van der Waals surface area contributed by atoms with Gasteiger partial charge in [0.1, 0.15) is 42.3 Å². The number of nitrogens with zero attached hydrogens (tertiary/aromatic N) is 6. The van der Waals surface area contributed by atoms with Gasteiger partial charge in [-0.3, -0.25) is 0 Å². The zero-order valence-electron chi connectivity index (χ0n) is 19.7. The Hall–Kier alpha value is -4.44. The molecule has 0 amide bonds. The Morgan fingerprint density at radius 1 is 1.08 bits per heavy atom. The van der Waals surface area contributed by atoms with E-state index in [1.165, 1.54) is 6.33 Å². The molecule has 3 aromatic heterocycles. The van der Waals surface area contributed by atoms with Crippen molar-refractivity contribution in [3.05, 3.63) is 66.9 Å². The van der Waals surface area contributed by atoms with Crippen molar-refractivity contribution >= 4 is 33.7 Å². The molecule has 0 spiro atoms. The number of benzene rings is 2. The molecule has 0 aliphatic carbocycles. The van der Waals surface area contributed by atoms with E-state index in [-0.39, 0.29) is 0 Å². The maximum atomic E-state index is 6.12. The van der Waals surface area contributed by atoms with Crippen LogP contribution in [-0.2, 0) is 0 Å². The number of fused-ring (bicyclic) bond motifs is 5. The molecule has 1 saturated heterocycles. The average molecular weight is 481 g/mol. The highest BCUT2D eigenvalue weighted by Gasteiger charge is 2.30. The number of aryl methyl sites for hydroxylation is 1. The smallest absolute Gasteiger partial charge is 0.158 e. The van der Waals surface area contributed by atoms with Crippen molar-refractivity contribution in [3.8, 4) is 17.2 Å². The normalized spacial score (nSPS) is 16.9. The summed E-state index contributed by atoms with van der Waals surface area (Å²) in [5, 5.41) is 12.0. The maximum Gasteiger partial charge on any atom is 0.158 e. The first-order valence-electron chi connectivity index (χ1n) is 12.0. The molecule has 5 aromatic rings. The summed E-state index contributed by atoms with van der Waals surface area (Å²) in [6, 6.07) is 14.2. The second-order valence-corrected chi connectivity index (χ2v) is 9.05. The quantitative estimate of drug-likeness (QED) is 0.399. The molecule has 10 nitrogen and oxygen atoms in total. The van der Waals surface area contributed by atoms with Crippen LogP contribution in [-0.4, -0.2) is 56.8 Å². The van der Waals surface area contributed by atoms with Crippen molar-refractivity contribution < 1.29 is 9.47 Å². The molecule has 7 rings (SSSR count). The fourth-order valence-electron chi connectivity index (χ4n) is 4.89. The molecule has 0 bridgehead atoms. The Labute approximate surface area is 206 Å². The van der Waals surface area contributed by atoms with E-state index in [2.05, 4.69) is 41.7 Å². The van der Waals surface area contributed by atoms with Gasteiger partial charge in [0.15, 0.2) is 5.65 Å². The van der Waals surface area contributed by atoms with E-state index in [9.17, 15) is 0 Å². The third kappa shape index (κ3) is 3.62. The predicted octanol–water partition coefficient (Wildman–Crippen LogP) is 3.69. The summed E-state index contributed by atoms with van der Waals surface area (Å²) in [7, 11) is 0. The number of nitrogens with one attached hydrogen (secondary N) is 2. The summed E-state index contributed by atoms with van der Waals surface area (Å²) in [6.45, 7) is 5.54. The fraction of sp³-hybridized carbons (Fsp3) is 0.231. The van der Waals surface area contributed by atoms with Crippen molar-refractivity contribution in [1.82, 2.24) is 29.9 Å². The van der Waals surface area contributed by atoms with E-state index in [1.807, 2.05) is 49.5 Å². The van der Waals surface area contributed by atoms with Crippen LogP contribution in [0.4, 0.5) is 17.2 Å². The number of anilines is 3. The van der Waals surface area contributed by atoms with Crippen LogP contribution in [0, 0.1) is 6.92 Å². The minimum Gasteiger partial charge on any atom is -0.489 e. The fourth-order valence-corrected chi connectivity index (χ4v) is 4.89. The molecular formula is C26H24N8O2. The lowest BCUT2D eigenvalue weighted by Gasteiger charge is -2.42. The largest absolute Gasteiger partial charge is 0.489 e. The zero-order chi connectivity index (χ0) is 24.1. The monoisotopic (exact) mass is 480 g/mol. The molecule has 180 valence electrons. The molecule has 36 heavy (non-hydrogen) atoms. The molecule has 0 saturated carbocycles. The van der Waals surface area contributed by atoms with Gasteiger partial charge in [0.2, 0.25) is 0 Å². The molecule has 2 aromatic carbocycles. The zero-order valence-corrected chi connectivity index (χ0v) is 19.7. The lowest BCUT2D eigenvalue weighted by Crippen LogP contribution is -2.55. The van der Waals surface area contributed by atoms with Crippen LogP contribution in [0.5, 0.6) is 17.2 Å². The maximum absolute atomic E-state index is 6.12. The average Bonchev–Trinajstić information content (AvgIpc) is 3.37. The van der Waals surface area contributed by atoms with Crippen LogP contribution in [0.3, 0.4) is 0 Å². The van der Waals surface area contributed by atoms with E-state index < -0.39 is 0 Å². The van der Waals surface area contributed by atoms with E-state index in [4.69, 9.17) is 9.47 Å². The molecule has 10 heteroatoms. The summed E-state index contributed by atoms with van der Waals surface area (Å²) in [5.41, 5.74) is 4.60. The van der Waals surface area contributed by atoms with E-state index >= 15 is 0 Å². The number of rotatable bonds is 4. The van der Waals surface area contributed by atoms with Gasteiger partial charge in [-0.15, -0.1) is 0 Å². The molecular weight excluding hydrogens is 456 g/mol. The first-order valence-corrected chi connectivity index (χ1v) is 12.0. The van der Waals surface area contributed by atoms with Gasteiger partial charge in [-0.1, -0.05) is 0 Å². The Kier molecular flexibility index (Phi) is 4.84. The number of aromatic nitrogens is 5. The summed E-state index contributed by atoms with van der Waals surface area (Å²) < 4.78 is 13.9. The van der Waals surface area contributed by atoms with Crippen molar-refractivity contribution in [2.24, 2.45) is 0 Å². The topological polar surface area (TPSA) is 102 Å². The van der Waals surface area contributed by atoms with Gasteiger partial charge in [0.25, 0.3) is 0 Å². The minimum absolute atomic E-state index is 0.338. The van der Waals surface area contributed by atoms with Crippen molar-refractivity contribution in [2.45, 2.75) is 13.0 Å². The Bertz CT molecular complexity index is 1600. The van der Waals surface area contributed by atoms with Crippen molar-refractivity contribution in [3.63, 3.8) is 0 Å². The Balaban J connectivity index is 1.18. The summed E-state index contributed by atoms with van der Waals surface area (Å²) >= 11 is 0. The number of pyridine rings is 1. The van der Waals surface area contributed by atoms with Crippen LogP contribution in [0.1, 0.15) is 5.56 Å². The van der Waals surface area contributed by atoms with Gasteiger partial charge in [-0.2, -0.15) is 5.10 Å². The van der Waals surface area contributed by atoms with E-state index in [0.29, 0.717) is 18.4 Å². The van der Waals surface area contributed by atoms with Crippen LogP contribution in [0.25, 0.3) is 16.6 Å². The molecule has 0 unspecified atom stereocenters. The lowest BCUT2D eigenvalue weighted by molar-refractivity contribution is 0.247. The van der Waals surface area contributed by atoms with Gasteiger partial charge in [-0.25, -0.2) is 19.5 Å². The van der Waals surface area contributed by atoms with Gasteiger partial charge in [-0.05, 0) is 42.8 Å². The van der Waals surface area contributed by atoms with E-state index in [0.717, 1.165) is 70.4 Å². The van der Waals surface area contributed by atoms with Crippen LogP contribution in [0.15, 0.2) is 61.3 Å². The minimum atomic E-state index is 0.338. The van der Waals surface area contributed by atoms with Gasteiger partial charge < -0.3 is 25.0 Å². The number of ether oxygens (including phenoxy) is 2. The van der Waals surface area contributed by atoms with Gasteiger partial charge in [0, 0.05) is 49.0 Å². The Morgan fingerprint density at radius 2 is 2.06 bits per heavy atom. The number of hydrogen-bond acceptors (Lipinski definition) is 9. The molecule has 2 aliphatic rings. The third-order valence-electron chi connectivity index (χ3n) is 6.72. The van der Waals surface area contributed by atoms with E-state index in [1.54, 1.807) is 10.8 Å². The second kappa shape index (κ2) is 8.35. The standard InChI is InChI=1S/C26H24N8O2/c1-16-8-17(2-3-23(16)36-19-4-6-34-25(9-19)29-15-31-34)32-26-20-10-22-24(11-21(20)28-14-30-26)35-13-18-12-27-5-7-33(18)22/h2-4,6,8-11,14-15,18,27H,5,7,12-13H2,1H3,(H,28,30,32)/t18-/m0/s1. The number of piperazine rings is 1. The number of hydrogen-bond donors (Lipinski definition) is 2. The molecule has 5 heterocycles. The summed E-state index contributed by atoms with van der Waals surface area (Å²) in [4.78, 5) is 15.7. The SMILES string of the molecule is Cc1cc(Nc2ncnc3cc4c(cc23)N2CCNC[C@H]2CO4)ccc1Oc1ccn2ncnc2c1. The second-order valence-electron chi connectivity index (χ2n) is 9.05. The van der Waals surface area contributed by atoms with Crippen LogP contribution in [0.2, 0.25) is 0 Å². The molecule has 1 fully saturated rings.